The van der Waals surface area contributed by atoms with E-state index in [0.29, 0.717) is 19.0 Å². The fraction of sp³-hybridized carbons (Fsp3) is 0.318. The molecule has 7 heteroatoms. The maximum atomic E-state index is 12.7. The minimum absolute atomic E-state index is 0.0276. The van der Waals surface area contributed by atoms with E-state index in [4.69, 9.17) is 10.5 Å². The number of rotatable bonds is 6. The molecule has 1 fully saturated rings. The number of piperidine rings is 1. The summed E-state index contributed by atoms with van der Waals surface area (Å²) in [6, 6.07) is 13.7. The second-order valence-corrected chi connectivity index (χ2v) is 7.32. The number of aromatic amines is 1. The van der Waals surface area contributed by atoms with E-state index in [0.717, 1.165) is 41.8 Å². The number of H-pyrrole nitrogens is 1. The number of anilines is 1. The first-order chi connectivity index (χ1) is 14.2. The molecule has 1 aromatic carbocycles. The summed E-state index contributed by atoms with van der Waals surface area (Å²) in [4.78, 5) is 18.6. The Morgan fingerprint density at radius 2 is 2.14 bits per heavy atom. The Labute approximate surface area is 169 Å². The lowest BCUT2D eigenvalue weighted by atomic mass is 9.90. The van der Waals surface area contributed by atoms with Crippen molar-refractivity contribution < 1.29 is 9.53 Å². The van der Waals surface area contributed by atoms with Crippen LogP contribution in [0.1, 0.15) is 30.0 Å². The van der Waals surface area contributed by atoms with Gasteiger partial charge in [-0.1, -0.05) is 30.3 Å². The van der Waals surface area contributed by atoms with E-state index < -0.39 is 0 Å². The molecular formula is C22H25N5O2. The zero-order valence-electron chi connectivity index (χ0n) is 16.3. The van der Waals surface area contributed by atoms with Crippen LogP contribution in [0.25, 0.3) is 11.1 Å². The van der Waals surface area contributed by atoms with Crippen molar-refractivity contribution in [1.82, 2.24) is 20.1 Å². The van der Waals surface area contributed by atoms with Crippen LogP contribution in [-0.4, -0.2) is 45.7 Å². The van der Waals surface area contributed by atoms with Crippen molar-refractivity contribution in [3.63, 3.8) is 0 Å². The van der Waals surface area contributed by atoms with Gasteiger partial charge in [0.2, 0.25) is 5.91 Å². The average Bonchev–Trinajstić information content (AvgIpc) is 3.25. The summed E-state index contributed by atoms with van der Waals surface area (Å²) in [6.45, 7) is 1.95. The highest BCUT2D eigenvalue weighted by molar-refractivity contribution is 5.77. The van der Waals surface area contributed by atoms with Crippen molar-refractivity contribution >= 4 is 11.7 Å². The first kappa shape index (κ1) is 19.1. The molecule has 2 aromatic heterocycles. The van der Waals surface area contributed by atoms with Crippen LogP contribution in [-0.2, 0) is 16.1 Å². The number of benzene rings is 1. The Hall–Kier alpha value is -3.19. The summed E-state index contributed by atoms with van der Waals surface area (Å²) in [6.07, 6.45) is 5.46. The van der Waals surface area contributed by atoms with E-state index in [9.17, 15) is 4.79 Å². The molecule has 29 heavy (non-hydrogen) atoms. The summed E-state index contributed by atoms with van der Waals surface area (Å²) in [5.41, 5.74) is 9.94. The van der Waals surface area contributed by atoms with Crippen LogP contribution < -0.4 is 5.73 Å². The molecule has 0 bridgehead atoms. The molecule has 7 nitrogen and oxygen atoms in total. The predicted octanol–water partition coefficient (Wildman–Crippen LogP) is 2.98. The summed E-state index contributed by atoms with van der Waals surface area (Å²) in [7, 11) is 0. The molecule has 3 aromatic rings. The van der Waals surface area contributed by atoms with Gasteiger partial charge in [-0.3, -0.25) is 9.89 Å². The number of pyridine rings is 1. The highest BCUT2D eigenvalue weighted by Gasteiger charge is 2.27. The number of hydrogen-bond donors (Lipinski definition) is 2. The molecule has 150 valence electrons. The lowest BCUT2D eigenvalue weighted by Gasteiger charge is -2.32. The van der Waals surface area contributed by atoms with Gasteiger partial charge in [0.15, 0.2) is 0 Å². The van der Waals surface area contributed by atoms with Crippen molar-refractivity contribution in [3.8, 4) is 11.1 Å². The zero-order chi connectivity index (χ0) is 20.1. The molecule has 1 atom stereocenters. The van der Waals surface area contributed by atoms with Gasteiger partial charge in [-0.2, -0.15) is 5.10 Å². The highest BCUT2D eigenvalue weighted by atomic mass is 16.5. The minimum atomic E-state index is 0.0276. The normalized spacial score (nSPS) is 16.7. The summed E-state index contributed by atoms with van der Waals surface area (Å²) in [5, 5.41) is 7.38. The average molecular weight is 391 g/mol. The smallest absolute Gasteiger partial charge is 0.248 e. The van der Waals surface area contributed by atoms with Crippen LogP contribution in [0.3, 0.4) is 0 Å². The standard InChI is InChI=1S/C22H25N5O2/c23-20-11-17(8-9-24-20)19-12-25-26-22(19)18-7-4-10-27(13-18)21(28)15-29-14-16-5-2-1-3-6-16/h1-3,5-6,8-9,11-12,18H,4,7,10,13-15H2,(H2,23,24)(H,25,26)/t18-/m0/s1. The van der Waals surface area contributed by atoms with Crippen LogP contribution >= 0.6 is 0 Å². The largest absolute Gasteiger partial charge is 0.384 e. The van der Waals surface area contributed by atoms with Crippen LogP contribution in [0, 0.1) is 0 Å². The van der Waals surface area contributed by atoms with Crippen LogP contribution in [0.2, 0.25) is 0 Å². The Balaban J connectivity index is 1.39. The van der Waals surface area contributed by atoms with Gasteiger partial charge in [-0.05, 0) is 36.1 Å². The fourth-order valence-electron chi connectivity index (χ4n) is 3.81. The Bertz CT molecular complexity index is 957. The fourth-order valence-corrected chi connectivity index (χ4v) is 3.81. The van der Waals surface area contributed by atoms with E-state index >= 15 is 0 Å². The first-order valence-electron chi connectivity index (χ1n) is 9.85. The predicted molar refractivity (Wildman–Crippen MR) is 111 cm³/mol. The van der Waals surface area contributed by atoms with Crippen molar-refractivity contribution in [2.45, 2.75) is 25.4 Å². The summed E-state index contributed by atoms with van der Waals surface area (Å²) < 4.78 is 5.63. The van der Waals surface area contributed by atoms with E-state index in [2.05, 4.69) is 15.2 Å². The Morgan fingerprint density at radius 3 is 2.97 bits per heavy atom. The third kappa shape index (κ3) is 4.63. The van der Waals surface area contributed by atoms with Crippen molar-refractivity contribution in [2.75, 3.05) is 25.4 Å². The van der Waals surface area contributed by atoms with E-state index in [-0.39, 0.29) is 18.4 Å². The van der Waals surface area contributed by atoms with Crippen LogP contribution in [0.15, 0.2) is 54.9 Å². The number of carbonyl (C=O) groups is 1. The van der Waals surface area contributed by atoms with Gasteiger partial charge in [0.1, 0.15) is 12.4 Å². The number of aromatic nitrogens is 3. The van der Waals surface area contributed by atoms with Crippen molar-refractivity contribution in [3.05, 3.63) is 66.1 Å². The van der Waals surface area contributed by atoms with Gasteiger partial charge >= 0.3 is 0 Å². The third-order valence-electron chi connectivity index (χ3n) is 5.28. The van der Waals surface area contributed by atoms with Gasteiger partial charge < -0.3 is 15.4 Å². The number of carbonyl (C=O) groups excluding carboxylic acids is 1. The first-order valence-corrected chi connectivity index (χ1v) is 9.85. The number of nitrogens with two attached hydrogens (primary N) is 1. The molecule has 1 aliphatic heterocycles. The van der Waals surface area contributed by atoms with E-state index in [1.54, 1.807) is 6.20 Å². The molecule has 1 aliphatic rings. The second kappa shape index (κ2) is 8.87. The number of nitrogen functional groups attached to an aromatic ring is 1. The SMILES string of the molecule is Nc1cc(-c2cn[nH]c2[C@H]2CCCN(C(=O)COCc3ccccc3)C2)ccn1. The van der Waals surface area contributed by atoms with E-state index in [1.807, 2.05) is 53.6 Å². The monoisotopic (exact) mass is 391 g/mol. The van der Waals surface area contributed by atoms with Gasteiger partial charge in [0, 0.05) is 36.5 Å². The van der Waals surface area contributed by atoms with Gasteiger partial charge in [0.05, 0.1) is 12.8 Å². The van der Waals surface area contributed by atoms with Crippen LogP contribution in [0.4, 0.5) is 5.82 Å². The molecule has 3 heterocycles. The molecule has 0 spiro atoms. The quantitative estimate of drug-likeness (QED) is 0.673. The van der Waals surface area contributed by atoms with Crippen molar-refractivity contribution in [2.24, 2.45) is 0 Å². The summed E-state index contributed by atoms with van der Waals surface area (Å²) in [5.74, 6) is 0.708. The lowest BCUT2D eigenvalue weighted by Crippen LogP contribution is -2.41. The topological polar surface area (TPSA) is 97.1 Å². The third-order valence-corrected chi connectivity index (χ3v) is 5.28. The second-order valence-electron chi connectivity index (χ2n) is 7.32. The molecular weight excluding hydrogens is 366 g/mol. The number of nitrogens with zero attached hydrogens (tertiary/aromatic N) is 3. The molecule has 1 amide bonds. The molecule has 0 aliphatic carbocycles. The Kier molecular flexibility index (Phi) is 5.86. The number of ether oxygens (including phenoxy) is 1. The number of hydrogen-bond acceptors (Lipinski definition) is 5. The van der Waals surface area contributed by atoms with Gasteiger partial charge in [0.25, 0.3) is 0 Å². The molecule has 0 radical (unpaired) electrons. The molecule has 1 saturated heterocycles. The van der Waals surface area contributed by atoms with Gasteiger partial charge in [-0.15, -0.1) is 0 Å². The highest BCUT2D eigenvalue weighted by Crippen LogP contribution is 2.33. The van der Waals surface area contributed by atoms with E-state index in [1.165, 1.54) is 0 Å². The van der Waals surface area contributed by atoms with Crippen LogP contribution in [0.5, 0.6) is 0 Å². The maximum absolute atomic E-state index is 12.7. The van der Waals surface area contributed by atoms with Gasteiger partial charge in [-0.25, -0.2) is 4.98 Å². The number of likely N-dealkylation sites (tertiary alicyclic amines) is 1. The number of amides is 1. The molecule has 0 unspecified atom stereocenters. The Morgan fingerprint density at radius 1 is 1.28 bits per heavy atom. The molecule has 4 rings (SSSR count). The lowest BCUT2D eigenvalue weighted by molar-refractivity contribution is -0.137. The van der Waals surface area contributed by atoms with Crippen molar-refractivity contribution in [1.29, 1.82) is 0 Å². The zero-order valence-corrected chi connectivity index (χ0v) is 16.3. The number of nitrogens with one attached hydrogen (secondary N) is 1. The maximum Gasteiger partial charge on any atom is 0.248 e. The molecule has 3 N–H and O–H groups in total. The minimum Gasteiger partial charge on any atom is -0.384 e. The summed E-state index contributed by atoms with van der Waals surface area (Å²) >= 11 is 0. The molecule has 0 saturated carbocycles.